The zero-order chi connectivity index (χ0) is 27.5. The lowest BCUT2D eigenvalue weighted by Gasteiger charge is -2.07. The van der Waals surface area contributed by atoms with E-state index in [9.17, 15) is 4.79 Å². The molecule has 3 aromatic carbocycles. The van der Waals surface area contributed by atoms with Crippen molar-refractivity contribution in [3.63, 3.8) is 0 Å². The van der Waals surface area contributed by atoms with Crippen LogP contribution >= 0.6 is 47.0 Å². The summed E-state index contributed by atoms with van der Waals surface area (Å²) in [7, 11) is 1.55. The normalized spacial score (nSPS) is 11.2. The van der Waals surface area contributed by atoms with E-state index in [2.05, 4.69) is 20.8 Å². The highest BCUT2D eigenvalue weighted by Gasteiger charge is 2.10. The summed E-state index contributed by atoms with van der Waals surface area (Å²) in [5, 5.41) is 16.1. The highest BCUT2D eigenvalue weighted by atomic mass is 35.5. The number of nitrogens with one attached hydrogen (secondary N) is 2. The fourth-order valence-electron chi connectivity index (χ4n) is 3.65. The van der Waals surface area contributed by atoms with Crippen LogP contribution in [-0.4, -0.2) is 33.1 Å². The summed E-state index contributed by atoms with van der Waals surface area (Å²) in [6.45, 7) is 0. The second-order valence-electron chi connectivity index (χ2n) is 8.15. The van der Waals surface area contributed by atoms with Gasteiger partial charge in [0.05, 0.1) is 17.8 Å². The minimum absolute atomic E-state index is 0.118. The number of carbonyl (C=O) groups excluding carboxylic acids is 1. The van der Waals surface area contributed by atoms with Gasteiger partial charge in [-0.3, -0.25) is 10.1 Å². The van der Waals surface area contributed by atoms with Crippen LogP contribution in [0.2, 0.25) is 15.1 Å². The van der Waals surface area contributed by atoms with Crippen LogP contribution in [0.5, 0.6) is 5.75 Å². The van der Waals surface area contributed by atoms with E-state index in [0.29, 0.717) is 54.7 Å². The Labute approximate surface area is 243 Å². The number of hydrogen-bond acceptors (Lipinski definition) is 6. The molecule has 2 N–H and O–H groups in total. The monoisotopic (exact) mass is 597 g/mol. The number of rotatable bonds is 6. The molecule has 0 radical (unpaired) electrons. The number of amides is 1. The Balaban J connectivity index is 1.21. The van der Waals surface area contributed by atoms with E-state index in [1.807, 2.05) is 0 Å². The van der Waals surface area contributed by atoms with Gasteiger partial charge < -0.3 is 14.5 Å². The van der Waals surface area contributed by atoms with E-state index < -0.39 is 5.91 Å². The molecule has 5 aromatic rings. The summed E-state index contributed by atoms with van der Waals surface area (Å²) in [6.07, 6.45) is 2.85. The molecule has 2 aromatic heterocycles. The van der Waals surface area contributed by atoms with Crippen LogP contribution < -0.4 is 15.4 Å². The van der Waals surface area contributed by atoms with Crippen LogP contribution in [0.4, 0.5) is 5.69 Å². The topological polar surface area (TPSA) is 94.2 Å². The lowest BCUT2D eigenvalue weighted by Crippen LogP contribution is -2.32. The molecule has 0 fully saturated rings. The number of furan rings is 1. The van der Waals surface area contributed by atoms with Crippen molar-refractivity contribution in [2.24, 2.45) is 0 Å². The highest BCUT2D eigenvalue weighted by Crippen LogP contribution is 2.29. The van der Waals surface area contributed by atoms with Crippen LogP contribution in [-0.2, 0) is 4.79 Å². The number of carbonyl (C=O) groups is 1. The van der Waals surface area contributed by atoms with E-state index in [1.54, 1.807) is 73.8 Å². The second-order valence-corrected chi connectivity index (χ2v) is 9.84. The lowest BCUT2D eigenvalue weighted by molar-refractivity contribution is -0.115. The maximum atomic E-state index is 12.4. The predicted octanol–water partition coefficient (Wildman–Crippen LogP) is 7.18. The van der Waals surface area contributed by atoms with Crippen LogP contribution in [0.15, 0.2) is 77.2 Å². The Morgan fingerprint density at radius 1 is 0.974 bits per heavy atom. The molecule has 2 heterocycles. The number of anilines is 1. The third kappa shape index (κ3) is 6.40. The molecule has 5 rings (SSSR count). The molecule has 0 bridgehead atoms. The van der Waals surface area contributed by atoms with Gasteiger partial charge in [-0.05, 0) is 85.0 Å². The molecule has 0 aliphatic rings. The van der Waals surface area contributed by atoms with Crippen molar-refractivity contribution in [2.45, 2.75) is 0 Å². The minimum atomic E-state index is -0.431. The average molecular weight is 599 g/mol. The van der Waals surface area contributed by atoms with E-state index in [0.717, 1.165) is 5.56 Å². The van der Waals surface area contributed by atoms with Crippen molar-refractivity contribution >= 4 is 80.8 Å². The number of ether oxygens (including phenoxy) is 1. The highest BCUT2D eigenvalue weighted by molar-refractivity contribution is 7.80. The van der Waals surface area contributed by atoms with Gasteiger partial charge in [-0.2, -0.15) is 4.80 Å². The van der Waals surface area contributed by atoms with Crippen molar-refractivity contribution in [1.82, 2.24) is 20.3 Å². The minimum Gasteiger partial charge on any atom is -0.495 e. The van der Waals surface area contributed by atoms with E-state index in [1.165, 1.54) is 16.9 Å². The molecular weight excluding hydrogens is 581 g/mol. The van der Waals surface area contributed by atoms with Crippen molar-refractivity contribution < 1.29 is 13.9 Å². The van der Waals surface area contributed by atoms with Crippen LogP contribution in [0.25, 0.3) is 34.1 Å². The van der Waals surface area contributed by atoms with E-state index >= 15 is 0 Å². The number of fused-ring (bicyclic) bond motifs is 1. The summed E-state index contributed by atoms with van der Waals surface area (Å²) in [5.74, 6) is 1.17. The number of nitrogens with zero attached hydrogens (tertiary/aromatic N) is 3. The summed E-state index contributed by atoms with van der Waals surface area (Å²) in [5.41, 5.74) is 3.33. The average Bonchev–Trinajstić information content (AvgIpc) is 3.54. The van der Waals surface area contributed by atoms with Crippen LogP contribution in [0.1, 0.15) is 5.76 Å². The van der Waals surface area contributed by atoms with Gasteiger partial charge in [-0.15, -0.1) is 10.2 Å². The molecule has 196 valence electrons. The largest absolute Gasteiger partial charge is 0.495 e. The van der Waals surface area contributed by atoms with Gasteiger partial charge in [-0.25, -0.2) is 0 Å². The first-order valence-electron chi connectivity index (χ1n) is 11.3. The van der Waals surface area contributed by atoms with Gasteiger partial charge in [0.15, 0.2) is 5.11 Å². The first-order chi connectivity index (χ1) is 18.8. The zero-order valence-corrected chi connectivity index (χ0v) is 23.2. The second kappa shape index (κ2) is 11.5. The fourth-order valence-corrected chi connectivity index (χ4v) is 4.65. The van der Waals surface area contributed by atoms with Gasteiger partial charge in [0.2, 0.25) is 5.91 Å². The van der Waals surface area contributed by atoms with Gasteiger partial charge in [0.25, 0.3) is 0 Å². The third-order valence-electron chi connectivity index (χ3n) is 5.41. The molecule has 1 amide bonds. The molecule has 0 spiro atoms. The van der Waals surface area contributed by atoms with Gasteiger partial charge in [0.1, 0.15) is 28.3 Å². The van der Waals surface area contributed by atoms with Gasteiger partial charge >= 0.3 is 0 Å². The molecule has 0 saturated heterocycles. The number of thiocarbonyl (C=S) groups is 1. The number of benzene rings is 3. The van der Waals surface area contributed by atoms with Crippen molar-refractivity contribution in [1.29, 1.82) is 0 Å². The Kier molecular flexibility index (Phi) is 7.85. The summed E-state index contributed by atoms with van der Waals surface area (Å²) in [4.78, 5) is 13.9. The fraction of sp³-hybridized carbons (Fsp3) is 0.0370. The quantitative estimate of drug-likeness (QED) is 0.158. The first kappa shape index (κ1) is 26.7. The summed E-state index contributed by atoms with van der Waals surface area (Å²) < 4.78 is 11.0. The molecule has 0 aliphatic heterocycles. The Morgan fingerprint density at radius 3 is 2.49 bits per heavy atom. The molecule has 39 heavy (non-hydrogen) atoms. The van der Waals surface area contributed by atoms with Crippen LogP contribution in [0, 0.1) is 0 Å². The standard InChI is InChI=1S/C27H18Cl3N5O3S/c1-37-25-7-3-19(14-21(25)30)35-33-22-6-2-18(13-23(22)34-35)31-27(39)32-26(36)9-5-20-4-8-24(38-20)15-10-16(28)12-17(29)11-15/h2-14H,1H3,(H2,31,32,36,39)/b9-5+. The van der Waals surface area contributed by atoms with Gasteiger partial charge in [0, 0.05) is 27.4 Å². The number of aromatic nitrogens is 3. The SMILES string of the molecule is COc1ccc(-n2nc3ccc(NC(=S)NC(=O)/C=C/c4ccc(-c5cc(Cl)cc(Cl)c5)o4)cc3n2)cc1Cl. The maximum absolute atomic E-state index is 12.4. The Bertz CT molecular complexity index is 1730. The van der Waals surface area contributed by atoms with Crippen LogP contribution in [0.3, 0.4) is 0 Å². The maximum Gasteiger partial charge on any atom is 0.250 e. The summed E-state index contributed by atoms with van der Waals surface area (Å²) >= 11 is 23.6. The van der Waals surface area contributed by atoms with E-state index in [4.69, 9.17) is 56.2 Å². The van der Waals surface area contributed by atoms with Crippen molar-refractivity contribution in [2.75, 3.05) is 12.4 Å². The molecule has 0 aliphatic carbocycles. The Hall–Kier alpha value is -3.89. The van der Waals surface area contributed by atoms with Gasteiger partial charge in [-0.1, -0.05) is 34.8 Å². The molecule has 12 heteroatoms. The Morgan fingerprint density at radius 2 is 1.74 bits per heavy atom. The van der Waals surface area contributed by atoms with Crippen molar-refractivity contribution in [3.05, 3.63) is 93.6 Å². The molecule has 0 saturated carbocycles. The summed E-state index contributed by atoms with van der Waals surface area (Å²) in [6, 6.07) is 19.2. The number of methoxy groups -OCH3 is 1. The van der Waals surface area contributed by atoms with E-state index in [-0.39, 0.29) is 5.11 Å². The molecular formula is C27H18Cl3N5O3S. The first-order valence-corrected chi connectivity index (χ1v) is 12.9. The van der Waals surface area contributed by atoms with Crippen molar-refractivity contribution in [3.8, 4) is 22.8 Å². The number of hydrogen-bond donors (Lipinski definition) is 2. The third-order valence-corrected chi connectivity index (χ3v) is 6.35. The molecule has 0 unspecified atom stereocenters. The molecule has 8 nitrogen and oxygen atoms in total. The molecule has 0 atom stereocenters. The lowest BCUT2D eigenvalue weighted by atomic mass is 10.2. The zero-order valence-electron chi connectivity index (χ0n) is 20.1. The predicted molar refractivity (Wildman–Crippen MR) is 158 cm³/mol. The number of halogens is 3. The smallest absolute Gasteiger partial charge is 0.250 e.